The van der Waals surface area contributed by atoms with E-state index in [1.165, 1.54) is 6.20 Å². The second-order valence-electron chi connectivity index (χ2n) is 3.14. The molecule has 0 radical (unpaired) electrons. The van der Waals surface area contributed by atoms with Crippen molar-refractivity contribution in [3.8, 4) is 0 Å². The van der Waals surface area contributed by atoms with E-state index in [1.54, 1.807) is 24.3 Å². The van der Waals surface area contributed by atoms with Crippen LogP contribution < -0.4 is 5.56 Å². The number of nitrogens with one attached hydrogen (secondary N) is 2. The number of hydrogen-bond donors (Lipinski definition) is 2. The molecule has 0 saturated heterocycles. The van der Waals surface area contributed by atoms with Gasteiger partial charge in [-0.05, 0) is 30.4 Å². The van der Waals surface area contributed by atoms with Crippen LogP contribution in [-0.4, -0.2) is 9.97 Å². The molecule has 1 aromatic carbocycles. The average Bonchev–Trinajstić information content (AvgIpc) is 2.28. The minimum Gasteiger partial charge on any atom is -0.337 e. The molecule has 1 heterocycles. The van der Waals surface area contributed by atoms with Crippen molar-refractivity contribution < 1.29 is 0 Å². The molecule has 2 rings (SSSR count). The summed E-state index contributed by atoms with van der Waals surface area (Å²) in [6.45, 7) is 0. The van der Waals surface area contributed by atoms with Crippen molar-refractivity contribution in [3.63, 3.8) is 0 Å². The van der Waals surface area contributed by atoms with Crippen LogP contribution in [0.3, 0.4) is 0 Å². The lowest BCUT2D eigenvalue weighted by molar-refractivity contribution is 1.06. The van der Waals surface area contributed by atoms with E-state index in [4.69, 9.17) is 23.8 Å². The van der Waals surface area contributed by atoms with Crippen molar-refractivity contribution in [2.24, 2.45) is 10.2 Å². The molecule has 0 saturated carbocycles. The summed E-state index contributed by atoms with van der Waals surface area (Å²) >= 11 is 10.5. The van der Waals surface area contributed by atoms with Gasteiger partial charge in [0.1, 0.15) is 0 Å². The highest BCUT2D eigenvalue weighted by Gasteiger charge is 1.96. The fraction of sp³-hybridized carbons (Fsp3) is 0. The number of H-pyrrole nitrogens is 2. The third kappa shape index (κ3) is 3.08. The number of aromatic amines is 2. The molecule has 0 aliphatic carbocycles. The van der Waals surface area contributed by atoms with Crippen LogP contribution in [0.1, 0.15) is 0 Å². The summed E-state index contributed by atoms with van der Waals surface area (Å²) in [5.74, 6) is 0. The summed E-state index contributed by atoms with van der Waals surface area (Å²) in [7, 11) is 0. The molecule has 2 N–H and O–H groups in total. The Morgan fingerprint density at radius 1 is 1.29 bits per heavy atom. The molecule has 1 aromatic heterocycles. The molecule has 0 amide bonds. The molecule has 0 bridgehead atoms. The fourth-order valence-electron chi connectivity index (χ4n) is 1.13. The van der Waals surface area contributed by atoms with Crippen LogP contribution in [0.4, 0.5) is 11.4 Å². The van der Waals surface area contributed by atoms with Crippen LogP contribution >= 0.6 is 23.8 Å². The van der Waals surface area contributed by atoms with Gasteiger partial charge in [-0.15, -0.1) is 5.11 Å². The number of hydrogen-bond acceptors (Lipinski definition) is 4. The minimum absolute atomic E-state index is 0.151. The van der Waals surface area contributed by atoms with Crippen LogP contribution in [0.2, 0.25) is 5.02 Å². The highest BCUT2D eigenvalue weighted by Crippen LogP contribution is 2.19. The Morgan fingerprint density at radius 3 is 2.82 bits per heavy atom. The number of aromatic nitrogens is 2. The molecule has 0 fully saturated rings. The maximum atomic E-state index is 11.4. The van der Waals surface area contributed by atoms with Crippen LogP contribution in [-0.2, 0) is 0 Å². The number of benzene rings is 1. The number of halogens is 1. The number of rotatable bonds is 2. The first kappa shape index (κ1) is 11.7. The first-order valence-corrected chi connectivity index (χ1v) is 5.43. The Morgan fingerprint density at radius 2 is 2.12 bits per heavy atom. The predicted molar refractivity (Wildman–Crippen MR) is 67.9 cm³/mol. The van der Waals surface area contributed by atoms with Crippen molar-refractivity contribution in [1.29, 1.82) is 0 Å². The summed E-state index contributed by atoms with van der Waals surface area (Å²) in [6, 6.07) is 6.85. The van der Waals surface area contributed by atoms with Gasteiger partial charge in [0.15, 0.2) is 10.5 Å². The van der Waals surface area contributed by atoms with E-state index in [-0.39, 0.29) is 16.0 Å². The highest BCUT2D eigenvalue weighted by atomic mass is 35.5. The number of azo groups is 1. The molecule has 0 aliphatic heterocycles. The van der Waals surface area contributed by atoms with E-state index < -0.39 is 0 Å². The Labute approximate surface area is 106 Å². The standard InChI is InChI=1S/C10H7ClN4OS/c11-6-2-1-3-7(4-6)14-15-8-5-12-10(17)13-9(8)16/h1-5H,(H2,12,13,16,17). The summed E-state index contributed by atoms with van der Waals surface area (Å²) in [5, 5.41) is 8.26. The SMILES string of the molecule is O=c1[nH]c(=S)[nH]cc1N=Nc1cccc(Cl)c1. The van der Waals surface area contributed by atoms with E-state index in [9.17, 15) is 4.79 Å². The van der Waals surface area contributed by atoms with Crippen LogP contribution in [0.15, 0.2) is 45.5 Å². The molecule has 0 unspecified atom stereocenters. The minimum atomic E-state index is -0.389. The van der Waals surface area contributed by atoms with Crippen molar-refractivity contribution in [2.45, 2.75) is 0 Å². The number of nitrogens with zero attached hydrogens (tertiary/aromatic N) is 2. The summed E-state index contributed by atoms with van der Waals surface area (Å²) in [4.78, 5) is 16.5. The Kier molecular flexibility index (Phi) is 3.46. The monoisotopic (exact) mass is 266 g/mol. The Balaban J connectivity index is 2.32. The molecule has 7 heteroatoms. The zero-order valence-electron chi connectivity index (χ0n) is 8.48. The van der Waals surface area contributed by atoms with Crippen molar-refractivity contribution in [1.82, 2.24) is 9.97 Å². The molecule has 86 valence electrons. The van der Waals surface area contributed by atoms with Crippen molar-refractivity contribution in [2.75, 3.05) is 0 Å². The van der Waals surface area contributed by atoms with Crippen LogP contribution in [0, 0.1) is 4.77 Å². The predicted octanol–water partition coefficient (Wildman–Crippen LogP) is 3.50. The van der Waals surface area contributed by atoms with Gasteiger partial charge >= 0.3 is 0 Å². The molecule has 0 spiro atoms. The van der Waals surface area contributed by atoms with Crippen LogP contribution in [0.25, 0.3) is 0 Å². The largest absolute Gasteiger partial charge is 0.337 e. The smallest absolute Gasteiger partial charge is 0.279 e. The summed E-state index contributed by atoms with van der Waals surface area (Å²) < 4.78 is 0.247. The molecule has 0 atom stereocenters. The molecule has 17 heavy (non-hydrogen) atoms. The molecule has 2 aromatic rings. The molecular weight excluding hydrogens is 260 g/mol. The maximum absolute atomic E-state index is 11.4. The van der Waals surface area contributed by atoms with Gasteiger partial charge < -0.3 is 4.98 Å². The van der Waals surface area contributed by atoms with Gasteiger partial charge in [0, 0.05) is 11.2 Å². The lowest BCUT2D eigenvalue weighted by Gasteiger charge is -1.93. The van der Waals surface area contributed by atoms with E-state index >= 15 is 0 Å². The second kappa shape index (κ2) is 5.03. The van der Waals surface area contributed by atoms with Gasteiger partial charge in [0.2, 0.25) is 0 Å². The maximum Gasteiger partial charge on any atom is 0.279 e. The van der Waals surface area contributed by atoms with E-state index in [2.05, 4.69) is 20.2 Å². The normalized spacial score (nSPS) is 10.9. The average molecular weight is 267 g/mol. The van der Waals surface area contributed by atoms with E-state index in [0.717, 1.165) is 0 Å². The van der Waals surface area contributed by atoms with Gasteiger partial charge in [0.25, 0.3) is 5.56 Å². The second-order valence-corrected chi connectivity index (χ2v) is 3.98. The highest BCUT2D eigenvalue weighted by molar-refractivity contribution is 7.71. The van der Waals surface area contributed by atoms with Crippen molar-refractivity contribution >= 4 is 35.2 Å². The van der Waals surface area contributed by atoms with Gasteiger partial charge in [-0.3, -0.25) is 9.78 Å². The lowest BCUT2D eigenvalue weighted by Crippen LogP contribution is -2.05. The van der Waals surface area contributed by atoms with Crippen molar-refractivity contribution in [3.05, 3.63) is 50.6 Å². The fourth-order valence-corrected chi connectivity index (χ4v) is 1.46. The zero-order chi connectivity index (χ0) is 12.3. The summed E-state index contributed by atoms with van der Waals surface area (Å²) in [6.07, 6.45) is 1.40. The molecule has 0 aliphatic rings. The van der Waals surface area contributed by atoms with Gasteiger partial charge in [-0.1, -0.05) is 17.7 Å². The van der Waals surface area contributed by atoms with Gasteiger partial charge in [-0.25, -0.2) is 0 Å². The third-order valence-electron chi connectivity index (χ3n) is 1.88. The zero-order valence-corrected chi connectivity index (χ0v) is 10.0. The Hall–Kier alpha value is -1.79. The lowest BCUT2D eigenvalue weighted by atomic mass is 10.3. The Bertz CT molecular complexity index is 676. The van der Waals surface area contributed by atoms with Gasteiger partial charge in [0.05, 0.1) is 5.69 Å². The molecule has 5 nitrogen and oxygen atoms in total. The molecular formula is C10H7ClN4OS. The quantitative estimate of drug-likeness (QED) is 0.645. The topological polar surface area (TPSA) is 73.4 Å². The van der Waals surface area contributed by atoms with Crippen LogP contribution in [0.5, 0.6) is 0 Å². The van der Waals surface area contributed by atoms with Gasteiger partial charge in [-0.2, -0.15) is 5.11 Å². The summed E-state index contributed by atoms with van der Waals surface area (Å²) in [5.41, 5.74) is 0.331. The first-order chi connectivity index (χ1) is 8.15. The van der Waals surface area contributed by atoms with E-state index in [1.807, 2.05) is 0 Å². The first-order valence-electron chi connectivity index (χ1n) is 4.64. The third-order valence-corrected chi connectivity index (χ3v) is 2.34. The van der Waals surface area contributed by atoms with E-state index in [0.29, 0.717) is 10.7 Å².